The minimum Gasteiger partial charge on any atom is -0.268 e. The summed E-state index contributed by atoms with van der Waals surface area (Å²) in [7, 11) is 0. The van der Waals surface area contributed by atoms with Crippen LogP contribution in [0.15, 0.2) is 29.1 Å². The molecule has 0 radical (unpaired) electrons. The van der Waals surface area contributed by atoms with Crippen LogP contribution in [0.4, 0.5) is 0 Å². The van der Waals surface area contributed by atoms with E-state index in [0.29, 0.717) is 0 Å². The van der Waals surface area contributed by atoms with Crippen molar-refractivity contribution in [3.63, 3.8) is 0 Å². The average molecular weight is 244 g/mol. The zero-order valence-electron chi connectivity index (χ0n) is 11.3. The van der Waals surface area contributed by atoms with Crippen LogP contribution in [0.2, 0.25) is 0 Å². The summed E-state index contributed by atoms with van der Waals surface area (Å²) in [6, 6.07) is 8.15. The molecule has 0 aliphatic heterocycles. The van der Waals surface area contributed by atoms with Gasteiger partial charge in [-0.15, -0.1) is 0 Å². The Labute approximate surface area is 107 Å². The Morgan fingerprint density at radius 1 is 1.28 bits per heavy atom. The highest BCUT2D eigenvalue weighted by Crippen LogP contribution is 2.14. The summed E-state index contributed by atoms with van der Waals surface area (Å²) in [6.07, 6.45) is 3.02. The monoisotopic (exact) mass is 244 g/mol. The van der Waals surface area contributed by atoms with Crippen molar-refractivity contribution >= 4 is 0 Å². The van der Waals surface area contributed by atoms with E-state index >= 15 is 0 Å². The average Bonchev–Trinajstić information content (AvgIpc) is 2.63. The van der Waals surface area contributed by atoms with Gasteiger partial charge in [0.05, 0.1) is 5.69 Å². The molecule has 0 saturated carbocycles. The van der Waals surface area contributed by atoms with Crippen LogP contribution in [0, 0.1) is 13.8 Å². The lowest BCUT2D eigenvalue weighted by Gasteiger charge is -2.07. The van der Waals surface area contributed by atoms with E-state index in [0.717, 1.165) is 36.2 Å². The van der Waals surface area contributed by atoms with Crippen molar-refractivity contribution in [3.8, 4) is 5.69 Å². The molecule has 0 unspecified atom stereocenters. The molecule has 0 bridgehead atoms. The molecule has 18 heavy (non-hydrogen) atoms. The van der Waals surface area contributed by atoms with Gasteiger partial charge < -0.3 is 0 Å². The molecule has 0 fully saturated rings. The molecule has 0 aliphatic rings. The quantitative estimate of drug-likeness (QED) is 0.881. The summed E-state index contributed by atoms with van der Waals surface area (Å²) in [5.41, 5.74) is 4.20. The second-order valence-electron chi connectivity index (χ2n) is 4.78. The first-order valence-electron chi connectivity index (χ1n) is 6.51. The van der Waals surface area contributed by atoms with Gasteiger partial charge in [0.2, 0.25) is 0 Å². The number of nitrogens with one attached hydrogen (secondary N) is 1. The maximum Gasteiger partial charge on any atom is 0.267 e. The number of benzene rings is 1. The fraction of sp³-hybridized carbons (Fsp3) is 0.400. The van der Waals surface area contributed by atoms with E-state index in [2.05, 4.69) is 31.1 Å². The molecule has 3 heteroatoms. The van der Waals surface area contributed by atoms with E-state index in [1.54, 1.807) is 0 Å². The molecular formula is C15H20N2O. The molecule has 2 aromatic rings. The van der Waals surface area contributed by atoms with Crippen molar-refractivity contribution in [1.82, 2.24) is 9.78 Å². The third-order valence-electron chi connectivity index (χ3n) is 3.30. The first-order chi connectivity index (χ1) is 8.63. The van der Waals surface area contributed by atoms with Gasteiger partial charge in [-0.25, -0.2) is 0 Å². The normalized spacial score (nSPS) is 10.8. The van der Waals surface area contributed by atoms with Crippen LogP contribution in [0.3, 0.4) is 0 Å². The fourth-order valence-corrected chi connectivity index (χ4v) is 2.23. The van der Waals surface area contributed by atoms with Gasteiger partial charge in [0, 0.05) is 11.3 Å². The number of unbranched alkanes of at least 4 members (excludes halogenated alkanes) is 1. The fourth-order valence-electron chi connectivity index (χ4n) is 2.23. The van der Waals surface area contributed by atoms with Crippen LogP contribution in [-0.4, -0.2) is 9.78 Å². The molecule has 1 aromatic heterocycles. The molecule has 0 spiro atoms. The molecule has 1 N–H and O–H groups in total. The Morgan fingerprint density at radius 2 is 2.06 bits per heavy atom. The summed E-state index contributed by atoms with van der Waals surface area (Å²) in [6.45, 7) is 6.20. The SMILES string of the molecule is CCCCc1c(C)n(-c2cccc(C)c2)[nH]c1=O. The van der Waals surface area contributed by atoms with Crippen molar-refractivity contribution in [3.05, 3.63) is 51.4 Å². The number of aromatic nitrogens is 2. The Hall–Kier alpha value is -1.77. The number of H-pyrrole nitrogens is 1. The van der Waals surface area contributed by atoms with Crippen molar-refractivity contribution in [1.29, 1.82) is 0 Å². The lowest BCUT2D eigenvalue weighted by Crippen LogP contribution is -2.07. The number of aryl methyl sites for hydroxylation is 1. The zero-order valence-corrected chi connectivity index (χ0v) is 11.3. The van der Waals surface area contributed by atoms with Crippen LogP contribution in [0.25, 0.3) is 5.69 Å². The maximum absolute atomic E-state index is 11.9. The maximum atomic E-state index is 11.9. The minimum absolute atomic E-state index is 0.0439. The second-order valence-corrected chi connectivity index (χ2v) is 4.78. The van der Waals surface area contributed by atoms with Gasteiger partial charge in [-0.1, -0.05) is 25.5 Å². The molecule has 0 aliphatic carbocycles. The first-order valence-corrected chi connectivity index (χ1v) is 6.51. The van der Waals surface area contributed by atoms with Crippen molar-refractivity contribution in [2.24, 2.45) is 0 Å². The highest BCUT2D eigenvalue weighted by Gasteiger charge is 2.11. The molecule has 2 rings (SSSR count). The smallest absolute Gasteiger partial charge is 0.267 e. The molecule has 1 heterocycles. The highest BCUT2D eigenvalue weighted by atomic mass is 16.1. The van der Waals surface area contributed by atoms with Gasteiger partial charge in [0.1, 0.15) is 0 Å². The van der Waals surface area contributed by atoms with Gasteiger partial charge in [0.25, 0.3) is 5.56 Å². The van der Waals surface area contributed by atoms with Crippen molar-refractivity contribution < 1.29 is 0 Å². The largest absolute Gasteiger partial charge is 0.268 e. The van der Waals surface area contributed by atoms with Gasteiger partial charge in [-0.3, -0.25) is 14.6 Å². The Kier molecular flexibility index (Phi) is 3.70. The van der Waals surface area contributed by atoms with Crippen LogP contribution in [0.1, 0.15) is 36.6 Å². The van der Waals surface area contributed by atoms with Gasteiger partial charge in [-0.05, 0) is 44.4 Å². The zero-order chi connectivity index (χ0) is 13.1. The topological polar surface area (TPSA) is 37.8 Å². The van der Waals surface area contributed by atoms with E-state index in [1.165, 1.54) is 5.56 Å². The Morgan fingerprint density at radius 3 is 2.72 bits per heavy atom. The van der Waals surface area contributed by atoms with Gasteiger partial charge in [0.15, 0.2) is 0 Å². The molecule has 0 saturated heterocycles. The third-order valence-corrected chi connectivity index (χ3v) is 3.30. The van der Waals surface area contributed by atoms with Gasteiger partial charge >= 0.3 is 0 Å². The summed E-state index contributed by atoms with van der Waals surface area (Å²) < 4.78 is 1.89. The predicted octanol–water partition coefficient (Wildman–Crippen LogP) is 3.13. The summed E-state index contributed by atoms with van der Waals surface area (Å²) in [5, 5.41) is 2.93. The third kappa shape index (κ3) is 2.40. The van der Waals surface area contributed by atoms with Crippen molar-refractivity contribution in [2.45, 2.75) is 40.0 Å². The van der Waals surface area contributed by atoms with Crippen molar-refractivity contribution in [2.75, 3.05) is 0 Å². The molecule has 1 aromatic carbocycles. The summed E-state index contributed by atoms with van der Waals surface area (Å²) >= 11 is 0. The Bertz CT molecular complexity index is 593. The standard InChI is InChI=1S/C15H20N2O/c1-4-5-9-14-12(3)17(16-15(14)18)13-8-6-7-11(2)10-13/h6-8,10H,4-5,9H2,1-3H3,(H,16,18). The minimum atomic E-state index is 0.0439. The van der Waals surface area contributed by atoms with Crippen LogP contribution >= 0.6 is 0 Å². The molecule has 96 valence electrons. The number of hydrogen-bond donors (Lipinski definition) is 1. The lowest BCUT2D eigenvalue weighted by atomic mass is 10.1. The molecular weight excluding hydrogens is 224 g/mol. The lowest BCUT2D eigenvalue weighted by molar-refractivity contribution is 0.785. The van der Waals surface area contributed by atoms with E-state index in [1.807, 2.05) is 23.7 Å². The summed E-state index contributed by atoms with van der Waals surface area (Å²) in [4.78, 5) is 11.9. The number of hydrogen-bond acceptors (Lipinski definition) is 1. The molecule has 3 nitrogen and oxygen atoms in total. The predicted molar refractivity (Wildman–Crippen MR) is 74.5 cm³/mol. The van der Waals surface area contributed by atoms with E-state index in [-0.39, 0.29) is 5.56 Å². The van der Waals surface area contributed by atoms with Crippen LogP contribution in [0.5, 0.6) is 0 Å². The van der Waals surface area contributed by atoms with Gasteiger partial charge in [-0.2, -0.15) is 0 Å². The number of rotatable bonds is 4. The van der Waals surface area contributed by atoms with E-state index < -0.39 is 0 Å². The van der Waals surface area contributed by atoms with E-state index in [9.17, 15) is 4.79 Å². The van der Waals surface area contributed by atoms with E-state index in [4.69, 9.17) is 0 Å². The molecule has 0 atom stereocenters. The Balaban J connectivity index is 2.44. The number of nitrogens with zero attached hydrogens (tertiary/aromatic N) is 1. The first kappa shape index (κ1) is 12.7. The summed E-state index contributed by atoms with van der Waals surface area (Å²) in [5.74, 6) is 0. The highest BCUT2D eigenvalue weighted by molar-refractivity contribution is 5.37. The van der Waals surface area contributed by atoms with Crippen LogP contribution < -0.4 is 5.56 Å². The molecule has 0 amide bonds. The second kappa shape index (κ2) is 5.25. The van der Waals surface area contributed by atoms with Crippen LogP contribution in [-0.2, 0) is 6.42 Å². The number of aromatic amines is 1.